The van der Waals surface area contributed by atoms with Crippen molar-refractivity contribution < 1.29 is 23.9 Å². The minimum absolute atomic E-state index is 0.144. The number of imide groups is 1. The number of carbonyl (C=O) groups is 3. The van der Waals surface area contributed by atoms with Crippen LogP contribution in [0.1, 0.15) is 27.0 Å². The fourth-order valence-electron chi connectivity index (χ4n) is 4.02. The summed E-state index contributed by atoms with van der Waals surface area (Å²) in [4.78, 5) is 41.7. The van der Waals surface area contributed by atoms with Gasteiger partial charge in [0, 0.05) is 24.2 Å². The first-order valence-corrected chi connectivity index (χ1v) is 13.0. The van der Waals surface area contributed by atoms with E-state index in [0.29, 0.717) is 45.5 Å². The molecule has 1 aliphatic heterocycles. The Hall–Kier alpha value is -3.75. The van der Waals surface area contributed by atoms with Crippen LogP contribution in [0.25, 0.3) is 6.08 Å². The summed E-state index contributed by atoms with van der Waals surface area (Å²) >= 11 is 6.91. The van der Waals surface area contributed by atoms with Crippen LogP contribution >= 0.6 is 23.4 Å². The number of nitrogens with zero attached hydrogens (tertiary/aromatic N) is 2. The molecule has 196 valence electrons. The summed E-state index contributed by atoms with van der Waals surface area (Å²) < 4.78 is 10.6. The van der Waals surface area contributed by atoms with Crippen LogP contribution in [-0.4, -0.2) is 54.7 Å². The maximum atomic E-state index is 13.1. The molecule has 1 fully saturated rings. The highest BCUT2D eigenvalue weighted by Crippen LogP contribution is 2.33. The molecular formula is C29H27ClN2O5S. The molecule has 1 saturated heterocycles. The molecule has 1 aliphatic rings. The van der Waals surface area contributed by atoms with Gasteiger partial charge in [-0.25, -0.2) is 0 Å². The molecule has 3 amide bonds. The molecule has 3 aromatic carbocycles. The molecule has 1 heterocycles. The number of carbonyl (C=O) groups excluding carboxylic acids is 3. The molecule has 7 nitrogen and oxygen atoms in total. The van der Waals surface area contributed by atoms with Crippen molar-refractivity contribution >= 4 is 46.5 Å². The van der Waals surface area contributed by atoms with Gasteiger partial charge in [-0.3, -0.25) is 19.3 Å². The van der Waals surface area contributed by atoms with E-state index in [4.69, 9.17) is 21.1 Å². The molecule has 38 heavy (non-hydrogen) atoms. The average molecular weight is 551 g/mol. The van der Waals surface area contributed by atoms with Gasteiger partial charge in [-0.15, -0.1) is 0 Å². The fourth-order valence-corrected chi connectivity index (χ4v) is 5.07. The van der Waals surface area contributed by atoms with Gasteiger partial charge in [0.25, 0.3) is 17.1 Å². The highest BCUT2D eigenvalue weighted by atomic mass is 35.5. The predicted octanol–water partition coefficient (Wildman–Crippen LogP) is 5.91. The minimum atomic E-state index is -0.372. The zero-order chi connectivity index (χ0) is 27.2. The van der Waals surface area contributed by atoms with Crippen molar-refractivity contribution in [3.05, 3.63) is 98.9 Å². The van der Waals surface area contributed by atoms with Gasteiger partial charge in [-0.2, -0.15) is 0 Å². The topological polar surface area (TPSA) is 76.2 Å². The summed E-state index contributed by atoms with van der Waals surface area (Å²) in [6, 6.07) is 19.8. The fraction of sp³-hybridized carbons (Fsp3) is 0.207. The van der Waals surface area contributed by atoms with Crippen molar-refractivity contribution in [1.29, 1.82) is 0 Å². The van der Waals surface area contributed by atoms with Gasteiger partial charge < -0.3 is 14.4 Å². The van der Waals surface area contributed by atoms with Gasteiger partial charge in [0.05, 0.1) is 25.7 Å². The zero-order valence-corrected chi connectivity index (χ0v) is 22.8. The highest BCUT2D eigenvalue weighted by molar-refractivity contribution is 8.18. The summed E-state index contributed by atoms with van der Waals surface area (Å²) in [7, 11) is 4.92. The quantitative estimate of drug-likeness (QED) is 0.308. The monoisotopic (exact) mass is 550 g/mol. The second kappa shape index (κ2) is 12.2. The lowest BCUT2D eigenvalue weighted by Gasteiger charge is -2.18. The van der Waals surface area contributed by atoms with Gasteiger partial charge in [-0.05, 0) is 77.3 Å². The Morgan fingerprint density at radius 1 is 0.974 bits per heavy atom. The second-order valence-electron chi connectivity index (χ2n) is 8.69. The van der Waals surface area contributed by atoms with E-state index in [1.807, 2.05) is 24.3 Å². The van der Waals surface area contributed by atoms with Crippen LogP contribution in [0.5, 0.6) is 11.5 Å². The van der Waals surface area contributed by atoms with Crippen LogP contribution in [0.2, 0.25) is 5.02 Å². The lowest BCUT2D eigenvalue weighted by molar-refractivity contribution is -0.123. The van der Waals surface area contributed by atoms with Gasteiger partial charge in [0.15, 0.2) is 11.5 Å². The predicted molar refractivity (Wildman–Crippen MR) is 150 cm³/mol. The largest absolute Gasteiger partial charge is 0.493 e. The smallest absolute Gasteiger partial charge is 0.293 e. The van der Waals surface area contributed by atoms with E-state index in [-0.39, 0.29) is 23.6 Å². The molecule has 0 aliphatic carbocycles. The molecule has 0 atom stereocenters. The molecule has 0 unspecified atom stereocenters. The molecular weight excluding hydrogens is 524 g/mol. The normalized spacial score (nSPS) is 14.2. The number of thioether (sulfide) groups is 1. The number of ether oxygens (including phenoxy) is 2. The Labute approximate surface area is 231 Å². The Morgan fingerprint density at radius 3 is 2.47 bits per heavy atom. The van der Waals surface area contributed by atoms with Crippen molar-refractivity contribution in [3.8, 4) is 11.5 Å². The molecule has 3 aromatic rings. The Balaban J connectivity index is 1.42. The number of hydrogen-bond acceptors (Lipinski definition) is 6. The Bertz CT molecular complexity index is 1410. The molecule has 0 radical (unpaired) electrons. The third kappa shape index (κ3) is 6.38. The Morgan fingerprint density at radius 2 is 1.74 bits per heavy atom. The molecule has 0 N–H and O–H groups in total. The maximum absolute atomic E-state index is 13.1. The van der Waals surface area contributed by atoms with Crippen molar-refractivity contribution in [2.24, 2.45) is 0 Å². The van der Waals surface area contributed by atoms with Gasteiger partial charge in [-0.1, -0.05) is 41.9 Å². The summed E-state index contributed by atoms with van der Waals surface area (Å²) in [5.74, 6) is 0.780. The van der Waals surface area contributed by atoms with Crippen LogP contribution in [-0.2, 0) is 17.8 Å². The summed E-state index contributed by atoms with van der Waals surface area (Å²) in [5, 5.41) is 0.198. The van der Waals surface area contributed by atoms with E-state index >= 15 is 0 Å². The first-order chi connectivity index (χ1) is 18.3. The van der Waals surface area contributed by atoms with Crippen LogP contribution in [0.15, 0.2) is 71.6 Å². The molecule has 4 rings (SSSR count). The molecule has 0 spiro atoms. The molecule has 0 bridgehead atoms. The molecule has 0 aromatic heterocycles. The average Bonchev–Trinajstić information content (AvgIpc) is 3.18. The second-order valence-corrected chi connectivity index (χ2v) is 10.1. The van der Waals surface area contributed by atoms with Crippen molar-refractivity contribution in [2.45, 2.75) is 13.0 Å². The number of methoxy groups -OCH3 is 2. The third-order valence-corrected chi connectivity index (χ3v) is 7.21. The van der Waals surface area contributed by atoms with E-state index in [0.717, 1.165) is 22.9 Å². The minimum Gasteiger partial charge on any atom is -0.493 e. The molecule has 9 heteroatoms. The number of rotatable bonds is 9. The number of likely N-dealkylation sites (N-methyl/N-ethyl adjacent to an activating group) is 1. The van der Waals surface area contributed by atoms with Gasteiger partial charge >= 0.3 is 0 Å². The van der Waals surface area contributed by atoms with Crippen molar-refractivity contribution in [3.63, 3.8) is 0 Å². The van der Waals surface area contributed by atoms with E-state index < -0.39 is 0 Å². The SMILES string of the molecule is COc1ccc(CCN(C)C(=O)c2cccc(/C=C3\SC(=O)N(Cc4cccc(Cl)c4)C3=O)c2)cc1OC. The van der Waals surface area contributed by atoms with Gasteiger partial charge in [0.1, 0.15) is 0 Å². The van der Waals surface area contributed by atoms with E-state index in [1.54, 1.807) is 74.7 Å². The highest BCUT2D eigenvalue weighted by Gasteiger charge is 2.35. The zero-order valence-electron chi connectivity index (χ0n) is 21.3. The summed E-state index contributed by atoms with van der Waals surface area (Å²) in [6.07, 6.45) is 2.28. The van der Waals surface area contributed by atoms with E-state index in [1.165, 1.54) is 4.90 Å². The van der Waals surface area contributed by atoms with Crippen molar-refractivity contribution in [2.75, 3.05) is 27.8 Å². The first-order valence-electron chi connectivity index (χ1n) is 11.9. The molecule has 0 saturated carbocycles. The standard InChI is InChI=1S/C29H27ClN2O5S/c1-31(13-12-19-10-11-24(36-2)25(16-19)37-3)27(33)22-8-4-6-20(14-22)17-26-28(34)32(29(35)38-26)18-21-7-5-9-23(30)15-21/h4-11,14-17H,12-13,18H2,1-3H3/b26-17-. The maximum Gasteiger partial charge on any atom is 0.293 e. The van der Waals surface area contributed by atoms with Crippen LogP contribution < -0.4 is 9.47 Å². The van der Waals surface area contributed by atoms with E-state index in [9.17, 15) is 14.4 Å². The van der Waals surface area contributed by atoms with Crippen molar-refractivity contribution in [1.82, 2.24) is 9.80 Å². The first kappa shape index (κ1) is 27.3. The van der Waals surface area contributed by atoms with Crippen LogP contribution in [0.4, 0.5) is 4.79 Å². The number of halogens is 1. The number of hydrogen-bond donors (Lipinski definition) is 0. The van der Waals surface area contributed by atoms with Crippen LogP contribution in [0.3, 0.4) is 0 Å². The van der Waals surface area contributed by atoms with E-state index in [2.05, 4.69) is 0 Å². The van der Waals surface area contributed by atoms with Crippen LogP contribution in [0, 0.1) is 0 Å². The third-order valence-electron chi connectivity index (χ3n) is 6.07. The lowest BCUT2D eigenvalue weighted by Crippen LogP contribution is -2.28. The summed E-state index contributed by atoms with van der Waals surface area (Å²) in [5.41, 5.74) is 2.94. The van der Waals surface area contributed by atoms with Gasteiger partial charge in [0.2, 0.25) is 0 Å². The Kier molecular flexibility index (Phi) is 8.76. The summed E-state index contributed by atoms with van der Waals surface area (Å²) in [6.45, 7) is 0.646. The lowest BCUT2D eigenvalue weighted by atomic mass is 10.1. The number of benzene rings is 3. The number of amides is 3.